The highest BCUT2D eigenvalue weighted by Crippen LogP contribution is 2.17. The molecular weight excluding hydrogens is 342 g/mol. The van der Waals surface area contributed by atoms with Crippen molar-refractivity contribution >= 4 is 28.5 Å². The number of carbonyl (C=O) groups is 2. The first-order chi connectivity index (χ1) is 13.0. The molecule has 6 heteroatoms. The van der Waals surface area contributed by atoms with Gasteiger partial charge in [-0.15, -0.1) is 0 Å². The number of aromatic amines is 1. The summed E-state index contributed by atoms with van der Waals surface area (Å²) in [7, 11) is 3.79. The normalized spacial score (nSPS) is 10.6. The third-order valence-electron chi connectivity index (χ3n) is 4.32. The summed E-state index contributed by atoms with van der Waals surface area (Å²) in [6, 6.07) is 15.1. The van der Waals surface area contributed by atoms with E-state index in [0.717, 1.165) is 22.2 Å². The van der Waals surface area contributed by atoms with Gasteiger partial charge in [0.25, 0.3) is 5.91 Å². The van der Waals surface area contributed by atoms with Gasteiger partial charge in [-0.2, -0.15) is 0 Å². The van der Waals surface area contributed by atoms with Crippen LogP contribution < -0.4 is 10.2 Å². The van der Waals surface area contributed by atoms with Crippen molar-refractivity contribution < 1.29 is 14.3 Å². The van der Waals surface area contributed by atoms with Crippen LogP contribution in [-0.2, 0) is 16.0 Å². The zero-order valence-electron chi connectivity index (χ0n) is 15.5. The topological polar surface area (TPSA) is 74.4 Å². The molecule has 0 unspecified atom stereocenters. The molecular formula is C21H23N3O3. The molecule has 1 aromatic heterocycles. The number of anilines is 1. The van der Waals surface area contributed by atoms with E-state index in [1.54, 1.807) is 18.2 Å². The standard InChI is InChI=1S/C21H23N3O3/c1-24(2)17-7-5-6-15(12-17)21(26)27-14-20(25)22-11-10-16-13-23-19-9-4-3-8-18(16)19/h3-9,12-13,23H,10-11,14H2,1-2H3,(H,22,25). The Hall–Kier alpha value is -3.28. The van der Waals surface area contributed by atoms with E-state index >= 15 is 0 Å². The quantitative estimate of drug-likeness (QED) is 0.632. The first-order valence-electron chi connectivity index (χ1n) is 8.81. The van der Waals surface area contributed by atoms with E-state index in [1.165, 1.54) is 0 Å². The highest BCUT2D eigenvalue weighted by atomic mass is 16.5. The van der Waals surface area contributed by atoms with Crippen molar-refractivity contribution in [2.75, 3.05) is 32.1 Å². The van der Waals surface area contributed by atoms with Crippen LogP contribution in [0.1, 0.15) is 15.9 Å². The maximum Gasteiger partial charge on any atom is 0.338 e. The monoisotopic (exact) mass is 365 g/mol. The van der Waals surface area contributed by atoms with Crippen molar-refractivity contribution in [3.8, 4) is 0 Å². The number of hydrogen-bond donors (Lipinski definition) is 2. The second kappa shape index (κ2) is 8.40. The molecule has 0 atom stereocenters. The van der Waals surface area contributed by atoms with Crippen LogP contribution in [0.3, 0.4) is 0 Å². The zero-order valence-corrected chi connectivity index (χ0v) is 15.5. The molecule has 0 saturated carbocycles. The summed E-state index contributed by atoms with van der Waals surface area (Å²) in [5.74, 6) is -0.822. The zero-order chi connectivity index (χ0) is 19.2. The number of ether oxygens (including phenoxy) is 1. The number of H-pyrrole nitrogens is 1. The predicted molar refractivity (Wildman–Crippen MR) is 106 cm³/mol. The predicted octanol–water partition coefficient (Wildman–Crippen LogP) is 2.75. The highest BCUT2D eigenvalue weighted by molar-refractivity contribution is 5.92. The molecule has 2 aromatic carbocycles. The molecule has 0 spiro atoms. The molecule has 2 N–H and O–H groups in total. The summed E-state index contributed by atoms with van der Waals surface area (Å²) >= 11 is 0. The van der Waals surface area contributed by atoms with Gasteiger partial charge in [0.05, 0.1) is 5.56 Å². The maximum atomic E-state index is 12.1. The van der Waals surface area contributed by atoms with Gasteiger partial charge < -0.3 is 19.9 Å². The first-order valence-corrected chi connectivity index (χ1v) is 8.81. The molecule has 6 nitrogen and oxygen atoms in total. The second-order valence-corrected chi connectivity index (χ2v) is 6.48. The van der Waals surface area contributed by atoms with Crippen LogP contribution >= 0.6 is 0 Å². The Labute approximate surface area is 158 Å². The number of nitrogens with zero attached hydrogens (tertiary/aromatic N) is 1. The van der Waals surface area contributed by atoms with Crippen molar-refractivity contribution in [1.82, 2.24) is 10.3 Å². The fourth-order valence-corrected chi connectivity index (χ4v) is 2.85. The third-order valence-corrected chi connectivity index (χ3v) is 4.32. The van der Waals surface area contributed by atoms with Gasteiger partial charge in [0.1, 0.15) is 0 Å². The number of amides is 1. The molecule has 0 radical (unpaired) electrons. The molecule has 0 aliphatic carbocycles. The van der Waals surface area contributed by atoms with Crippen molar-refractivity contribution in [2.45, 2.75) is 6.42 Å². The maximum absolute atomic E-state index is 12.1. The fraction of sp³-hybridized carbons (Fsp3) is 0.238. The Kier molecular flexibility index (Phi) is 5.76. The highest BCUT2D eigenvalue weighted by Gasteiger charge is 2.11. The molecule has 0 saturated heterocycles. The Morgan fingerprint density at radius 1 is 1.11 bits per heavy atom. The fourth-order valence-electron chi connectivity index (χ4n) is 2.85. The number of aromatic nitrogens is 1. The van der Waals surface area contributed by atoms with Crippen LogP contribution in [0.2, 0.25) is 0 Å². The van der Waals surface area contributed by atoms with E-state index in [4.69, 9.17) is 4.74 Å². The van der Waals surface area contributed by atoms with Gasteiger partial charge in [0.15, 0.2) is 6.61 Å². The lowest BCUT2D eigenvalue weighted by molar-refractivity contribution is -0.124. The summed E-state index contributed by atoms with van der Waals surface area (Å²) in [6.07, 6.45) is 2.66. The molecule has 0 fully saturated rings. The molecule has 0 aliphatic heterocycles. The van der Waals surface area contributed by atoms with Crippen LogP contribution in [-0.4, -0.2) is 44.1 Å². The molecule has 1 heterocycles. The van der Waals surface area contributed by atoms with E-state index in [0.29, 0.717) is 18.5 Å². The van der Waals surface area contributed by atoms with Crippen LogP contribution in [0.25, 0.3) is 10.9 Å². The molecule has 0 aliphatic rings. The number of esters is 1. The number of nitrogens with one attached hydrogen (secondary N) is 2. The second-order valence-electron chi connectivity index (χ2n) is 6.48. The lowest BCUT2D eigenvalue weighted by Gasteiger charge is -2.13. The Balaban J connectivity index is 1.45. The minimum Gasteiger partial charge on any atom is -0.452 e. The van der Waals surface area contributed by atoms with Crippen molar-refractivity contribution in [3.63, 3.8) is 0 Å². The lowest BCUT2D eigenvalue weighted by Crippen LogP contribution is -2.30. The van der Waals surface area contributed by atoms with Gasteiger partial charge >= 0.3 is 5.97 Å². The van der Waals surface area contributed by atoms with Gasteiger partial charge in [-0.3, -0.25) is 4.79 Å². The first kappa shape index (κ1) is 18.5. The smallest absolute Gasteiger partial charge is 0.338 e. The molecule has 3 aromatic rings. The van der Waals surface area contributed by atoms with E-state index in [9.17, 15) is 9.59 Å². The lowest BCUT2D eigenvalue weighted by atomic mass is 10.1. The third kappa shape index (κ3) is 4.67. The number of benzene rings is 2. The summed E-state index contributed by atoms with van der Waals surface area (Å²) in [5.41, 5.74) is 3.54. The van der Waals surface area contributed by atoms with Crippen molar-refractivity contribution in [1.29, 1.82) is 0 Å². The Morgan fingerprint density at radius 2 is 1.93 bits per heavy atom. The molecule has 140 valence electrons. The average Bonchev–Trinajstić information content (AvgIpc) is 3.09. The van der Waals surface area contributed by atoms with E-state index in [2.05, 4.69) is 10.3 Å². The summed E-state index contributed by atoms with van der Waals surface area (Å²) in [5, 5.41) is 3.94. The minimum absolute atomic E-state index is 0.293. The van der Waals surface area contributed by atoms with Gasteiger partial charge in [-0.05, 0) is 36.2 Å². The molecule has 0 bridgehead atoms. The van der Waals surface area contributed by atoms with Crippen LogP contribution in [0.15, 0.2) is 54.7 Å². The summed E-state index contributed by atoms with van der Waals surface area (Å²) in [4.78, 5) is 29.2. The van der Waals surface area contributed by atoms with Gasteiger partial charge in [0.2, 0.25) is 0 Å². The van der Waals surface area contributed by atoms with Crippen LogP contribution in [0.5, 0.6) is 0 Å². The minimum atomic E-state index is -0.509. The van der Waals surface area contributed by atoms with E-state index in [1.807, 2.05) is 55.5 Å². The summed E-state index contributed by atoms with van der Waals surface area (Å²) in [6.45, 7) is 0.188. The molecule has 27 heavy (non-hydrogen) atoms. The largest absolute Gasteiger partial charge is 0.452 e. The van der Waals surface area contributed by atoms with E-state index < -0.39 is 5.97 Å². The van der Waals surface area contributed by atoms with Crippen LogP contribution in [0.4, 0.5) is 5.69 Å². The molecule has 3 rings (SSSR count). The van der Waals surface area contributed by atoms with Gasteiger partial charge in [-0.25, -0.2) is 4.79 Å². The number of rotatable bonds is 7. The van der Waals surface area contributed by atoms with Gasteiger partial charge in [-0.1, -0.05) is 24.3 Å². The average molecular weight is 365 g/mol. The Bertz CT molecular complexity index is 947. The summed E-state index contributed by atoms with van der Waals surface area (Å²) < 4.78 is 5.11. The number of hydrogen-bond acceptors (Lipinski definition) is 4. The van der Waals surface area contributed by atoms with Gasteiger partial charge in [0, 0.05) is 43.4 Å². The number of para-hydroxylation sites is 1. The SMILES string of the molecule is CN(C)c1cccc(C(=O)OCC(=O)NCCc2c[nH]c3ccccc23)c1. The van der Waals surface area contributed by atoms with Crippen molar-refractivity contribution in [2.24, 2.45) is 0 Å². The number of carbonyl (C=O) groups excluding carboxylic acids is 2. The van der Waals surface area contributed by atoms with Crippen molar-refractivity contribution in [3.05, 3.63) is 65.9 Å². The molecule has 1 amide bonds. The Morgan fingerprint density at radius 3 is 2.74 bits per heavy atom. The number of fused-ring (bicyclic) bond motifs is 1. The van der Waals surface area contributed by atoms with Crippen LogP contribution in [0, 0.1) is 0 Å². The van der Waals surface area contributed by atoms with E-state index in [-0.39, 0.29) is 12.5 Å².